The summed E-state index contributed by atoms with van der Waals surface area (Å²) < 4.78 is 0. The minimum Gasteiger partial charge on any atom is -0.396 e. The molecule has 1 aliphatic rings. The molecule has 4 heteroatoms. The summed E-state index contributed by atoms with van der Waals surface area (Å²) in [7, 11) is 0. The van der Waals surface area contributed by atoms with Crippen LogP contribution in [0.3, 0.4) is 0 Å². The van der Waals surface area contributed by atoms with E-state index in [2.05, 4.69) is 0 Å². The molecule has 1 aliphatic heterocycles. The molecule has 0 radical (unpaired) electrons. The van der Waals surface area contributed by atoms with Gasteiger partial charge in [-0.3, -0.25) is 9.80 Å². The van der Waals surface area contributed by atoms with Crippen molar-refractivity contribution in [3.8, 4) is 0 Å². The normalized spacial score (nSPS) is 21.2. The molecule has 1 unspecified atom stereocenters. The van der Waals surface area contributed by atoms with E-state index in [1.807, 2.05) is 18.9 Å². The topological polar surface area (TPSA) is 43.8 Å². The van der Waals surface area contributed by atoms with Crippen molar-refractivity contribution in [3.63, 3.8) is 0 Å². The maximum Gasteiger partial charge on any atom is 0.238 e. The molecule has 1 fully saturated rings. The lowest BCUT2D eigenvalue weighted by Crippen LogP contribution is -2.41. The van der Waals surface area contributed by atoms with E-state index in [1.165, 1.54) is 0 Å². The summed E-state index contributed by atoms with van der Waals surface area (Å²) in [6.45, 7) is 6.45. The first-order chi connectivity index (χ1) is 6.19. The molecule has 0 spiro atoms. The number of nitrogens with zero attached hydrogens (tertiary/aromatic N) is 2. The van der Waals surface area contributed by atoms with Gasteiger partial charge in [0.2, 0.25) is 5.91 Å². The van der Waals surface area contributed by atoms with Crippen molar-refractivity contribution >= 4 is 5.91 Å². The number of carbonyl (C=O) groups excluding carboxylic acids is 1. The van der Waals surface area contributed by atoms with Gasteiger partial charge in [0.1, 0.15) is 0 Å². The Labute approximate surface area is 79.1 Å². The van der Waals surface area contributed by atoms with Crippen LogP contribution in [0.4, 0.5) is 0 Å². The molecule has 0 bridgehead atoms. The van der Waals surface area contributed by atoms with Crippen LogP contribution in [0.1, 0.15) is 20.3 Å². The maximum absolute atomic E-state index is 11.3. The monoisotopic (exact) mass is 186 g/mol. The number of hydrogen-bond acceptors (Lipinski definition) is 3. The zero-order chi connectivity index (χ0) is 9.84. The van der Waals surface area contributed by atoms with Crippen LogP contribution in [-0.4, -0.2) is 47.3 Å². The van der Waals surface area contributed by atoms with E-state index < -0.39 is 0 Å². The van der Waals surface area contributed by atoms with Gasteiger partial charge in [0.15, 0.2) is 0 Å². The fraction of sp³-hybridized carbons (Fsp3) is 0.889. The second-order valence-corrected chi connectivity index (χ2v) is 3.56. The molecule has 1 heterocycles. The number of rotatable bonds is 4. The van der Waals surface area contributed by atoms with Crippen molar-refractivity contribution in [2.24, 2.45) is 5.92 Å². The first kappa shape index (κ1) is 10.5. The van der Waals surface area contributed by atoms with Gasteiger partial charge in [-0.25, -0.2) is 5.01 Å². The van der Waals surface area contributed by atoms with E-state index in [1.54, 1.807) is 5.01 Å². The second-order valence-electron chi connectivity index (χ2n) is 3.56. The summed E-state index contributed by atoms with van der Waals surface area (Å²) in [5.41, 5.74) is 0. The number of amides is 1. The highest BCUT2D eigenvalue weighted by Crippen LogP contribution is 2.13. The van der Waals surface area contributed by atoms with Gasteiger partial charge in [-0.15, -0.1) is 0 Å². The molecule has 0 aliphatic carbocycles. The highest BCUT2D eigenvalue weighted by Gasteiger charge is 2.27. The molecule has 1 N–H and O–H groups in total. The standard InChI is InChI=1S/C9H18N2O2/c1-3-11-9(13)4-5-10(11)6-8(2)7-12/h8,12H,3-7H2,1-2H3. The molecule has 1 amide bonds. The van der Waals surface area contributed by atoms with Gasteiger partial charge >= 0.3 is 0 Å². The number of aliphatic hydroxyl groups excluding tert-OH is 1. The third kappa shape index (κ3) is 2.42. The zero-order valence-electron chi connectivity index (χ0n) is 8.36. The lowest BCUT2D eigenvalue weighted by atomic mass is 10.2. The van der Waals surface area contributed by atoms with Crippen molar-refractivity contribution < 1.29 is 9.90 Å². The Kier molecular flexibility index (Phi) is 3.69. The van der Waals surface area contributed by atoms with Gasteiger partial charge in [-0.2, -0.15) is 0 Å². The summed E-state index contributed by atoms with van der Waals surface area (Å²) >= 11 is 0. The van der Waals surface area contributed by atoms with E-state index in [0.717, 1.165) is 19.6 Å². The molecular formula is C9H18N2O2. The average Bonchev–Trinajstić information content (AvgIpc) is 2.46. The average molecular weight is 186 g/mol. The van der Waals surface area contributed by atoms with E-state index in [-0.39, 0.29) is 18.4 Å². The number of hydrazine groups is 1. The molecule has 13 heavy (non-hydrogen) atoms. The van der Waals surface area contributed by atoms with Crippen LogP contribution in [0.25, 0.3) is 0 Å². The lowest BCUT2D eigenvalue weighted by molar-refractivity contribution is -0.138. The Morgan fingerprint density at radius 1 is 1.62 bits per heavy atom. The van der Waals surface area contributed by atoms with Gasteiger partial charge < -0.3 is 5.11 Å². The maximum atomic E-state index is 11.3. The number of hydrogen-bond donors (Lipinski definition) is 1. The van der Waals surface area contributed by atoms with Gasteiger partial charge in [0.25, 0.3) is 0 Å². The van der Waals surface area contributed by atoms with E-state index >= 15 is 0 Å². The molecule has 1 saturated heterocycles. The molecule has 1 atom stereocenters. The predicted molar refractivity (Wildman–Crippen MR) is 49.8 cm³/mol. The quantitative estimate of drug-likeness (QED) is 0.676. The summed E-state index contributed by atoms with van der Waals surface area (Å²) in [5, 5.41) is 12.7. The Hall–Kier alpha value is -0.610. The summed E-state index contributed by atoms with van der Waals surface area (Å²) in [4.78, 5) is 11.3. The molecular weight excluding hydrogens is 168 g/mol. The van der Waals surface area contributed by atoms with Crippen LogP contribution in [0.15, 0.2) is 0 Å². The summed E-state index contributed by atoms with van der Waals surface area (Å²) in [6.07, 6.45) is 0.617. The molecule has 76 valence electrons. The zero-order valence-corrected chi connectivity index (χ0v) is 8.36. The van der Waals surface area contributed by atoms with Crippen LogP contribution in [-0.2, 0) is 4.79 Å². The smallest absolute Gasteiger partial charge is 0.238 e. The second kappa shape index (κ2) is 4.58. The molecule has 0 aromatic rings. The van der Waals surface area contributed by atoms with Crippen molar-refractivity contribution in [1.82, 2.24) is 10.0 Å². The van der Waals surface area contributed by atoms with Crippen molar-refractivity contribution in [3.05, 3.63) is 0 Å². The van der Waals surface area contributed by atoms with Crippen LogP contribution < -0.4 is 0 Å². The lowest BCUT2D eigenvalue weighted by Gasteiger charge is -2.28. The largest absolute Gasteiger partial charge is 0.396 e. The third-order valence-electron chi connectivity index (χ3n) is 2.35. The highest BCUT2D eigenvalue weighted by molar-refractivity contribution is 5.77. The Bertz CT molecular complexity index is 184. The Morgan fingerprint density at radius 2 is 2.31 bits per heavy atom. The van der Waals surface area contributed by atoms with Crippen LogP contribution >= 0.6 is 0 Å². The van der Waals surface area contributed by atoms with Crippen molar-refractivity contribution in [2.45, 2.75) is 20.3 Å². The number of aliphatic hydroxyl groups is 1. The third-order valence-corrected chi connectivity index (χ3v) is 2.35. The predicted octanol–water partition coefficient (Wildman–Crippen LogP) is 0.0840. The fourth-order valence-corrected chi connectivity index (χ4v) is 1.62. The van der Waals surface area contributed by atoms with E-state index in [4.69, 9.17) is 5.11 Å². The highest BCUT2D eigenvalue weighted by atomic mass is 16.3. The SMILES string of the molecule is CCN1C(=O)CCN1CC(C)CO. The van der Waals surface area contributed by atoms with Crippen molar-refractivity contribution in [1.29, 1.82) is 0 Å². The molecule has 1 rings (SSSR count). The molecule has 4 nitrogen and oxygen atoms in total. The van der Waals surface area contributed by atoms with Crippen LogP contribution in [0, 0.1) is 5.92 Å². The first-order valence-electron chi connectivity index (χ1n) is 4.85. The molecule has 0 aromatic carbocycles. The van der Waals surface area contributed by atoms with Gasteiger partial charge in [0, 0.05) is 32.7 Å². The number of carbonyl (C=O) groups is 1. The van der Waals surface area contributed by atoms with Gasteiger partial charge in [-0.05, 0) is 12.8 Å². The van der Waals surface area contributed by atoms with Crippen LogP contribution in [0.5, 0.6) is 0 Å². The Morgan fingerprint density at radius 3 is 2.85 bits per heavy atom. The van der Waals surface area contributed by atoms with Crippen molar-refractivity contribution in [2.75, 3.05) is 26.2 Å². The van der Waals surface area contributed by atoms with Gasteiger partial charge in [0.05, 0.1) is 0 Å². The minimum absolute atomic E-state index is 0.183. The van der Waals surface area contributed by atoms with Crippen LogP contribution in [0.2, 0.25) is 0 Å². The molecule has 0 aromatic heterocycles. The first-order valence-corrected chi connectivity index (χ1v) is 4.85. The summed E-state index contributed by atoms with van der Waals surface area (Å²) in [6, 6.07) is 0. The molecule has 0 saturated carbocycles. The minimum atomic E-state index is 0.183. The van der Waals surface area contributed by atoms with E-state index in [9.17, 15) is 4.79 Å². The fourth-order valence-electron chi connectivity index (χ4n) is 1.62. The van der Waals surface area contributed by atoms with Gasteiger partial charge in [-0.1, -0.05) is 6.92 Å². The van der Waals surface area contributed by atoms with E-state index in [0.29, 0.717) is 6.42 Å². The summed E-state index contributed by atoms with van der Waals surface area (Å²) in [5.74, 6) is 0.438. The Balaban J connectivity index is 2.45.